The van der Waals surface area contributed by atoms with Crippen molar-refractivity contribution in [2.24, 2.45) is 0 Å². The first-order valence-corrected chi connectivity index (χ1v) is 7.49. The number of rotatable bonds is 2. The SMILES string of the molecule is Cc1ccc(-c2c(C)c(F)c(N(C)C)c3[nH]ncc23)cc1S. The van der Waals surface area contributed by atoms with Crippen molar-refractivity contribution in [3.8, 4) is 11.1 Å². The number of hydrogen-bond donors (Lipinski definition) is 2. The minimum Gasteiger partial charge on any atom is -0.374 e. The van der Waals surface area contributed by atoms with Gasteiger partial charge in [-0.3, -0.25) is 5.10 Å². The molecule has 0 fully saturated rings. The summed E-state index contributed by atoms with van der Waals surface area (Å²) in [6.07, 6.45) is 1.75. The first-order valence-electron chi connectivity index (χ1n) is 7.04. The number of hydrogen-bond acceptors (Lipinski definition) is 3. The van der Waals surface area contributed by atoms with Gasteiger partial charge in [0, 0.05) is 24.4 Å². The summed E-state index contributed by atoms with van der Waals surface area (Å²) in [5.74, 6) is -0.224. The first kappa shape index (κ1) is 14.9. The Morgan fingerprint density at radius 3 is 2.59 bits per heavy atom. The van der Waals surface area contributed by atoms with Crippen molar-refractivity contribution >= 4 is 29.2 Å². The molecule has 0 spiro atoms. The van der Waals surface area contributed by atoms with E-state index >= 15 is 0 Å². The average Bonchev–Trinajstić information content (AvgIpc) is 2.91. The molecule has 0 unspecified atom stereocenters. The fourth-order valence-corrected chi connectivity index (χ4v) is 3.03. The smallest absolute Gasteiger partial charge is 0.152 e. The molecule has 1 heterocycles. The topological polar surface area (TPSA) is 31.9 Å². The number of aromatic nitrogens is 2. The van der Waals surface area contributed by atoms with Gasteiger partial charge in [0.15, 0.2) is 5.82 Å². The zero-order valence-electron chi connectivity index (χ0n) is 13.0. The predicted molar refractivity (Wildman–Crippen MR) is 92.5 cm³/mol. The molecule has 0 saturated heterocycles. The molecular formula is C17H18FN3S. The van der Waals surface area contributed by atoms with Crippen molar-refractivity contribution in [2.75, 3.05) is 19.0 Å². The number of fused-ring (bicyclic) bond motifs is 1. The van der Waals surface area contributed by atoms with Gasteiger partial charge < -0.3 is 4.90 Å². The maximum atomic E-state index is 14.9. The Kier molecular flexibility index (Phi) is 3.60. The van der Waals surface area contributed by atoms with E-state index in [9.17, 15) is 4.39 Å². The summed E-state index contributed by atoms with van der Waals surface area (Å²) in [5, 5.41) is 7.95. The van der Waals surface area contributed by atoms with Gasteiger partial charge in [0.2, 0.25) is 0 Å². The van der Waals surface area contributed by atoms with Crippen LogP contribution in [0.25, 0.3) is 22.0 Å². The summed E-state index contributed by atoms with van der Waals surface area (Å²) < 4.78 is 14.9. The quantitative estimate of drug-likeness (QED) is 0.689. The summed E-state index contributed by atoms with van der Waals surface area (Å²) in [6.45, 7) is 3.81. The molecule has 3 aromatic rings. The summed E-state index contributed by atoms with van der Waals surface area (Å²) in [4.78, 5) is 2.66. The van der Waals surface area contributed by atoms with Gasteiger partial charge in [0.1, 0.15) is 0 Å². The second-order valence-corrected chi connectivity index (χ2v) is 6.20. The fraction of sp³-hybridized carbons (Fsp3) is 0.235. The number of aryl methyl sites for hydroxylation is 1. The summed E-state index contributed by atoms with van der Waals surface area (Å²) >= 11 is 4.48. The molecule has 3 rings (SSSR count). The molecule has 0 amide bonds. The lowest BCUT2D eigenvalue weighted by Crippen LogP contribution is -2.12. The van der Waals surface area contributed by atoms with Crippen LogP contribution in [0.4, 0.5) is 10.1 Å². The van der Waals surface area contributed by atoms with Gasteiger partial charge in [-0.1, -0.05) is 12.1 Å². The predicted octanol–water partition coefficient (Wildman–Crippen LogP) is 4.34. The van der Waals surface area contributed by atoms with Crippen LogP contribution >= 0.6 is 12.6 Å². The van der Waals surface area contributed by atoms with Crippen LogP contribution in [0.2, 0.25) is 0 Å². The van der Waals surface area contributed by atoms with Crippen LogP contribution in [0.5, 0.6) is 0 Å². The lowest BCUT2D eigenvalue weighted by molar-refractivity contribution is 0.619. The Morgan fingerprint density at radius 2 is 1.95 bits per heavy atom. The standard InChI is InChI=1S/C17H18FN3S/c1-9-5-6-11(7-13(9)22)14-10(2)15(18)17(21(3)4)16-12(14)8-19-20-16/h5-8,22H,1-4H3,(H,19,20). The van der Waals surface area contributed by atoms with Crippen molar-refractivity contribution in [1.29, 1.82) is 0 Å². The molecule has 2 aromatic carbocycles. The third kappa shape index (κ3) is 2.16. The number of nitrogens with zero attached hydrogens (tertiary/aromatic N) is 2. The average molecular weight is 315 g/mol. The minimum absolute atomic E-state index is 0.224. The Bertz CT molecular complexity index is 868. The molecule has 0 aliphatic heterocycles. The fourth-order valence-electron chi connectivity index (χ4n) is 2.81. The van der Waals surface area contributed by atoms with E-state index in [1.54, 1.807) is 11.1 Å². The molecule has 0 radical (unpaired) electrons. The number of aromatic amines is 1. The highest BCUT2D eigenvalue weighted by atomic mass is 32.1. The van der Waals surface area contributed by atoms with Crippen LogP contribution in [0.1, 0.15) is 11.1 Å². The van der Waals surface area contributed by atoms with E-state index in [0.29, 0.717) is 16.8 Å². The Balaban J connectivity index is 2.40. The summed E-state index contributed by atoms with van der Waals surface area (Å²) in [5.41, 5.74) is 4.77. The van der Waals surface area contributed by atoms with Gasteiger partial charge in [-0.2, -0.15) is 5.10 Å². The van der Waals surface area contributed by atoms with E-state index in [1.807, 2.05) is 46.1 Å². The van der Waals surface area contributed by atoms with Crippen LogP contribution in [-0.2, 0) is 0 Å². The van der Waals surface area contributed by atoms with Crippen molar-refractivity contribution in [3.05, 3.63) is 41.3 Å². The third-order valence-electron chi connectivity index (χ3n) is 4.00. The molecule has 0 atom stereocenters. The van der Waals surface area contributed by atoms with Gasteiger partial charge in [-0.25, -0.2) is 4.39 Å². The largest absolute Gasteiger partial charge is 0.374 e. The Hall–Kier alpha value is -2.01. The number of anilines is 1. The van der Waals surface area contributed by atoms with E-state index in [1.165, 1.54) is 0 Å². The molecule has 0 bridgehead atoms. The highest BCUT2D eigenvalue weighted by Crippen LogP contribution is 2.39. The number of halogens is 1. The molecule has 0 saturated carbocycles. The highest BCUT2D eigenvalue weighted by Gasteiger charge is 2.20. The first-order chi connectivity index (χ1) is 10.4. The molecule has 5 heteroatoms. The van der Waals surface area contributed by atoms with Crippen molar-refractivity contribution in [3.63, 3.8) is 0 Å². The van der Waals surface area contributed by atoms with Crippen molar-refractivity contribution in [1.82, 2.24) is 10.2 Å². The zero-order valence-corrected chi connectivity index (χ0v) is 13.9. The van der Waals surface area contributed by atoms with Gasteiger partial charge in [0.25, 0.3) is 0 Å². The van der Waals surface area contributed by atoms with E-state index in [0.717, 1.165) is 27.0 Å². The second-order valence-electron chi connectivity index (χ2n) is 5.72. The van der Waals surface area contributed by atoms with Crippen LogP contribution in [0, 0.1) is 19.7 Å². The summed E-state index contributed by atoms with van der Waals surface area (Å²) in [7, 11) is 3.66. The van der Waals surface area contributed by atoms with Crippen LogP contribution in [-0.4, -0.2) is 24.3 Å². The van der Waals surface area contributed by atoms with Gasteiger partial charge in [-0.05, 0) is 42.2 Å². The number of thiol groups is 1. The normalized spacial score (nSPS) is 11.2. The highest BCUT2D eigenvalue weighted by molar-refractivity contribution is 7.80. The van der Waals surface area contributed by atoms with E-state index in [2.05, 4.69) is 22.8 Å². The molecule has 1 aromatic heterocycles. The maximum Gasteiger partial charge on any atom is 0.152 e. The molecular weight excluding hydrogens is 297 g/mol. The Labute approximate surface area is 134 Å². The molecule has 3 nitrogen and oxygen atoms in total. The molecule has 22 heavy (non-hydrogen) atoms. The number of nitrogens with one attached hydrogen (secondary N) is 1. The second kappa shape index (κ2) is 5.32. The van der Waals surface area contributed by atoms with Crippen molar-refractivity contribution < 1.29 is 4.39 Å². The van der Waals surface area contributed by atoms with E-state index < -0.39 is 0 Å². The molecule has 0 aliphatic carbocycles. The lowest BCUT2D eigenvalue weighted by atomic mass is 9.94. The molecule has 114 valence electrons. The van der Waals surface area contributed by atoms with Crippen molar-refractivity contribution in [2.45, 2.75) is 18.7 Å². The van der Waals surface area contributed by atoms with Gasteiger partial charge >= 0.3 is 0 Å². The zero-order chi connectivity index (χ0) is 16.0. The summed E-state index contributed by atoms with van der Waals surface area (Å²) in [6, 6.07) is 5.97. The van der Waals surface area contributed by atoms with Gasteiger partial charge in [0.05, 0.1) is 17.4 Å². The van der Waals surface area contributed by atoms with Crippen LogP contribution in [0.15, 0.2) is 29.3 Å². The van der Waals surface area contributed by atoms with Gasteiger partial charge in [-0.15, -0.1) is 12.6 Å². The maximum absolute atomic E-state index is 14.9. The van der Waals surface area contributed by atoms with E-state index in [-0.39, 0.29) is 5.82 Å². The number of H-pyrrole nitrogens is 1. The van der Waals surface area contributed by atoms with E-state index in [4.69, 9.17) is 0 Å². The van der Waals surface area contributed by atoms with Crippen LogP contribution in [0.3, 0.4) is 0 Å². The molecule has 1 N–H and O–H groups in total. The molecule has 0 aliphatic rings. The third-order valence-corrected chi connectivity index (χ3v) is 4.48. The lowest BCUT2D eigenvalue weighted by Gasteiger charge is -2.19. The number of benzene rings is 2. The minimum atomic E-state index is -0.224. The Morgan fingerprint density at radius 1 is 1.23 bits per heavy atom. The monoisotopic (exact) mass is 315 g/mol. The van der Waals surface area contributed by atoms with Crippen LogP contribution < -0.4 is 4.90 Å².